The Morgan fingerprint density at radius 3 is 2.79 bits per heavy atom. The SMILES string of the molecule is C[Si](C)(C)CCOCN1CC=CNC1. The molecule has 0 saturated carbocycles. The van der Waals surface area contributed by atoms with Crippen molar-refractivity contribution >= 4 is 8.07 Å². The molecule has 14 heavy (non-hydrogen) atoms. The van der Waals surface area contributed by atoms with Gasteiger partial charge in [-0.25, -0.2) is 0 Å². The first kappa shape index (κ1) is 11.7. The second kappa shape index (κ2) is 5.53. The van der Waals surface area contributed by atoms with E-state index >= 15 is 0 Å². The molecule has 1 aliphatic heterocycles. The summed E-state index contributed by atoms with van der Waals surface area (Å²) in [4.78, 5) is 2.24. The van der Waals surface area contributed by atoms with Crippen LogP contribution >= 0.6 is 0 Å². The average molecular weight is 214 g/mol. The summed E-state index contributed by atoms with van der Waals surface area (Å²) >= 11 is 0. The summed E-state index contributed by atoms with van der Waals surface area (Å²) in [6.07, 6.45) is 4.12. The number of hydrogen-bond acceptors (Lipinski definition) is 3. The zero-order valence-corrected chi connectivity index (χ0v) is 10.5. The van der Waals surface area contributed by atoms with Gasteiger partial charge in [0, 0.05) is 21.2 Å². The van der Waals surface area contributed by atoms with E-state index in [1.165, 1.54) is 6.04 Å². The molecule has 1 aliphatic rings. The Bertz CT molecular complexity index is 189. The molecule has 0 aromatic rings. The van der Waals surface area contributed by atoms with Crippen molar-refractivity contribution < 1.29 is 4.74 Å². The Hall–Kier alpha value is -0.323. The lowest BCUT2D eigenvalue weighted by Gasteiger charge is -2.24. The van der Waals surface area contributed by atoms with Gasteiger partial charge in [-0.3, -0.25) is 4.90 Å². The maximum Gasteiger partial charge on any atom is 0.101 e. The highest BCUT2D eigenvalue weighted by Crippen LogP contribution is 2.07. The minimum Gasteiger partial charge on any atom is -0.378 e. The molecule has 0 radical (unpaired) electrons. The van der Waals surface area contributed by atoms with Crippen LogP contribution in [0.5, 0.6) is 0 Å². The number of nitrogens with zero attached hydrogens (tertiary/aromatic N) is 1. The van der Waals surface area contributed by atoms with Crippen molar-refractivity contribution in [2.45, 2.75) is 25.7 Å². The lowest BCUT2D eigenvalue weighted by atomic mass is 10.5. The Labute approximate surface area is 88.1 Å². The maximum atomic E-state index is 5.64. The minimum atomic E-state index is -0.917. The van der Waals surface area contributed by atoms with Gasteiger partial charge in [0.05, 0.1) is 6.67 Å². The lowest BCUT2D eigenvalue weighted by Crippen LogP contribution is -2.37. The molecule has 0 spiro atoms. The van der Waals surface area contributed by atoms with Gasteiger partial charge in [0.2, 0.25) is 0 Å². The fraction of sp³-hybridized carbons (Fsp3) is 0.800. The normalized spacial score (nSPS) is 18.2. The van der Waals surface area contributed by atoms with Gasteiger partial charge in [-0.05, 0) is 12.2 Å². The van der Waals surface area contributed by atoms with E-state index in [1.54, 1.807) is 0 Å². The molecule has 1 rings (SSSR count). The molecule has 0 fully saturated rings. The first-order valence-electron chi connectivity index (χ1n) is 5.26. The zero-order valence-electron chi connectivity index (χ0n) is 9.55. The minimum absolute atomic E-state index is 0.752. The van der Waals surface area contributed by atoms with Crippen molar-refractivity contribution in [3.05, 3.63) is 12.3 Å². The summed E-state index contributed by atoms with van der Waals surface area (Å²) < 4.78 is 5.64. The molecule has 0 saturated heterocycles. The number of hydrogen-bond donors (Lipinski definition) is 1. The standard InChI is InChI=1S/C10H22N2OSi/c1-14(2,3)8-7-13-10-12-6-4-5-11-9-12/h4-5,11H,6-10H2,1-3H3. The molecule has 1 N–H and O–H groups in total. The quantitative estimate of drug-likeness (QED) is 0.556. The molecular formula is C10H22N2OSi. The molecule has 1 heterocycles. The lowest BCUT2D eigenvalue weighted by molar-refractivity contribution is 0.0370. The van der Waals surface area contributed by atoms with Crippen molar-refractivity contribution in [3.63, 3.8) is 0 Å². The third-order valence-corrected chi connectivity index (χ3v) is 3.89. The first-order chi connectivity index (χ1) is 6.58. The number of rotatable bonds is 5. The summed E-state index contributed by atoms with van der Waals surface area (Å²) in [5, 5.41) is 3.17. The smallest absolute Gasteiger partial charge is 0.101 e. The first-order valence-corrected chi connectivity index (χ1v) is 8.97. The van der Waals surface area contributed by atoms with Crippen LogP contribution in [0.3, 0.4) is 0 Å². The molecule has 0 bridgehead atoms. The van der Waals surface area contributed by atoms with Gasteiger partial charge in [0.15, 0.2) is 0 Å². The number of nitrogens with one attached hydrogen (secondary N) is 1. The fourth-order valence-corrected chi connectivity index (χ4v) is 1.96. The molecule has 0 aromatic heterocycles. The third-order valence-electron chi connectivity index (χ3n) is 2.18. The van der Waals surface area contributed by atoms with Gasteiger partial charge < -0.3 is 10.1 Å². The van der Waals surface area contributed by atoms with Crippen LogP contribution in [0.15, 0.2) is 12.3 Å². The van der Waals surface area contributed by atoms with Crippen molar-refractivity contribution in [1.82, 2.24) is 10.2 Å². The summed E-state index contributed by atoms with van der Waals surface area (Å²) in [5.41, 5.74) is 0. The monoisotopic (exact) mass is 214 g/mol. The summed E-state index contributed by atoms with van der Waals surface area (Å²) in [7, 11) is -0.917. The Morgan fingerprint density at radius 1 is 1.43 bits per heavy atom. The molecular weight excluding hydrogens is 192 g/mol. The fourth-order valence-electron chi connectivity index (χ4n) is 1.20. The van der Waals surface area contributed by atoms with Crippen LogP contribution in [-0.4, -0.2) is 39.5 Å². The van der Waals surface area contributed by atoms with Crippen LogP contribution in [0.25, 0.3) is 0 Å². The summed E-state index contributed by atoms with van der Waals surface area (Å²) in [6.45, 7) is 10.7. The van der Waals surface area contributed by atoms with Crippen molar-refractivity contribution in [1.29, 1.82) is 0 Å². The van der Waals surface area contributed by atoms with Crippen LogP contribution < -0.4 is 5.32 Å². The highest BCUT2D eigenvalue weighted by molar-refractivity contribution is 6.76. The second-order valence-corrected chi connectivity index (χ2v) is 10.6. The van der Waals surface area contributed by atoms with Crippen molar-refractivity contribution in [3.8, 4) is 0 Å². The highest BCUT2D eigenvalue weighted by Gasteiger charge is 2.12. The van der Waals surface area contributed by atoms with Crippen molar-refractivity contribution in [2.75, 3.05) is 26.6 Å². The van der Waals surface area contributed by atoms with Crippen LogP contribution in [-0.2, 0) is 4.74 Å². The largest absolute Gasteiger partial charge is 0.378 e. The average Bonchev–Trinajstić information content (AvgIpc) is 2.13. The second-order valence-electron chi connectivity index (χ2n) is 4.97. The van der Waals surface area contributed by atoms with Crippen molar-refractivity contribution in [2.24, 2.45) is 0 Å². The van der Waals surface area contributed by atoms with E-state index in [9.17, 15) is 0 Å². The Morgan fingerprint density at radius 2 is 2.21 bits per heavy atom. The zero-order chi connectivity index (χ0) is 10.4. The predicted molar refractivity (Wildman–Crippen MR) is 62.8 cm³/mol. The van der Waals surface area contributed by atoms with Gasteiger partial charge in [-0.2, -0.15) is 0 Å². The van der Waals surface area contributed by atoms with E-state index in [0.29, 0.717) is 0 Å². The van der Waals surface area contributed by atoms with Crippen LogP contribution in [0.1, 0.15) is 0 Å². The molecule has 0 amide bonds. The molecule has 4 heteroatoms. The van der Waals surface area contributed by atoms with E-state index in [4.69, 9.17) is 4.74 Å². The van der Waals surface area contributed by atoms with Crippen LogP contribution in [0.4, 0.5) is 0 Å². The van der Waals surface area contributed by atoms with Gasteiger partial charge >= 0.3 is 0 Å². The Kier molecular flexibility index (Phi) is 4.64. The van der Waals surface area contributed by atoms with E-state index in [1.807, 2.05) is 6.20 Å². The summed E-state index contributed by atoms with van der Waals surface area (Å²) in [5.74, 6) is 0. The van der Waals surface area contributed by atoms with Gasteiger partial charge in [0.1, 0.15) is 6.73 Å². The Balaban J connectivity index is 2.01. The van der Waals surface area contributed by atoms with Gasteiger partial charge in [-0.15, -0.1) is 0 Å². The van der Waals surface area contributed by atoms with E-state index in [2.05, 4.69) is 35.9 Å². The topological polar surface area (TPSA) is 24.5 Å². The highest BCUT2D eigenvalue weighted by atomic mass is 28.3. The van der Waals surface area contributed by atoms with E-state index in [0.717, 1.165) is 26.6 Å². The predicted octanol–water partition coefficient (Wildman–Crippen LogP) is 1.68. The molecule has 82 valence electrons. The number of ether oxygens (including phenoxy) is 1. The van der Waals surface area contributed by atoms with Gasteiger partial charge in [-0.1, -0.05) is 25.7 Å². The van der Waals surface area contributed by atoms with E-state index in [-0.39, 0.29) is 0 Å². The van der Waals surface area contributed by atoms with E-state index < -0.39 is 8.07 Å². The third kappa shape index (κ3) is 5.42. The molecule has 3 nitrogen and oxygen atoms in total. The molecule has 0 atom stereocenters. The van der Waals surface area contributed by atoms with Gasteiger partial charge in [0.25, 0.3) is 0 Å². The summed E-state index contributed by atoms with van der Waals surface area (Å²) in [6, 6.07) is 1.25. The maximum absolute atomic E-state index is 5.64. The molecule has 0 unspecified atom stereocenters. The van der Waals surface area contributed by atoms with Crippen LogP contribution in [0.2, 0.25) is 25.7 Å². The molecule has 0 aliphatic carbocycles. The molecule has 0 aromatic carbocycles. The van der Waals surface area contributed by atoms with Crippen LogP contribution in [0, 0.1) is 0 Å².